The van der Waals surface area contributed by atoms with Crippen LogP contribution in [0.3, 0.4) is 0 Å². The van der Waals surface area contributed by atoms with Crippen molar-refractivity contribution in [3.05, 3.63) is 0 Å². The van der Waals surface area contributed by atoms with Gasteiger partial charge in [0.05, 0.1) is 0 Å². The van der Waals surface area contributed by atoms with Crippen LogP contribution in [0.25, 0.3) is 0 Å². The monoisotopic (exact) mass is 295 g/mol. The molecule has 0 fully saturated rings. The molecule has 0 heterocycles. The second kappa shape index (κ2) is 22.4. The normalized spacial score (nSPS) is 7.20. The Kier molecular flexibility index (Phi) is 39.3. The van der Waals surface area contributed by atoms with Crippen molar-refractivity contribution >= 4 is 28.3 Å². The number of aliphatic hydroxyl groups is 2. The fraction of sp³-hybridized carbons (Fsp3) is 1.00. The van der Waals surface area contributed by atoms with Gasteiger partial charge < -0.3 is 10.2 Å². The van der Waals surface area contributed by atoms with E-state index in [1.54, 1.807) is 13.8 Å². The molecule has 0 aromatic rings. The molecule has 0 atom stereocenters. The number of halogens is 3. The molecule has 0 radical (unpaired) electrons. The zero-order valence-corrected chi connectivity index (χ0v) is 10.1. The first-order chi connectivity index (χ1) is 4.56. The zero-order chi connectivity index (χ0) is 8.99. The molecular weight excluding hydrogens is 282 g/mol. The molecule has 0 aliphatic heterocycles. The van der Waals surface area contributed by atoms with E-state index in [1.807, 2.05) is 0 Å². The fourth-order valence-electron chi connectivity index (χ4n) is 0. The summed E-state index contributed by atoms with van der Waals surface area (Å²) < 4.78 is 0. The van der Waals surface area contributed by atoms with E-state index in [4.69, 9.17) is 38.5 Å². The average molecular weight is 294 g/mol. The van der Waals surface area contributed by atoms with E-state index in [2.05, 4.69) is 0 Å². The molecule has 0 aromatic carbocycles. The average Bonchev–Trinajstić information content (AvgIpc) is 1.65. The van der Waals surface area contributed by atoms with Gasteiger partial charge in [0.25, 0.3) is 0 Å². The van der Waals surface area contributed by atoms with E-state index in [-0.39, 0.29) is 13.2 Å². The summed E-state index contributed by atoms with van der Waals surface area (Å²) in [4.78, 5) is 0. The summed E-state index contributed by atoms with van der Waals surface area (Å²) in [5.74, 6) is 0. The Morgan fingerprint density at radius 2 is 1.00 bits per heavy atom. The summed E-state index contributed by atoms with van der Waals surface area (Å²) in [5.41, 5.74) is 0. The standard InChI is InChI=1S/2C2H6O.3ClH.Mo/c2*1-2-3;;;;/h2*3H,2H2,1H3;3*1H;/q;;;;;+3/p-3. The summed E-state index contributed by atoms with van der Waals surface area (Å²) >= 11 is -1.94. The molecule has 0 aromatic heterocycles. The van der Waals surface area contributed by atoms with Gasteiger partial charge in [0.15, 0.2) is 0 Å². The van der Waals surface area contributed by atoms with Gasteiger partial charge in [-0.15, -0.1) is 0 Å². The van der Waals surface area contributed by atoms with Gasteiger partial charge in [0, 0.05) is 13.2 Å². The van der Waals surface area contributed by atoms with Gasteiger partial charge in [0.2, 0.25) is 0 Å². The molecule has 10 heavy (non-hydrogen) atoms. The van der Waals surface area contributed by atoms with E-state index in [0.717, 1.165) is 0 Å². The number of hydrogen-bond acceptors (Lipinski definition) is 2. The van der Waals surface area contributed by atoms with Crippen molar-refractivity contribution in [1.29, 1.82) is 0 Å². The minimum absolute atomic E-state index is 0.250. The van der Waals surface area contributed by atoms with E-state index in [1.165, 1.54) is 0 Å². The summed E-state index contributed by atoms with van der Waals surface area (Å²) in [7, 11) is 14.9. The van der Waals surface area contributed by atoms with Gasteiger partial charge in [-0.3, -0.25) is 0 Å². The van der Waals surface area contributed by atoms with E-state index in [9.17, 15) is 0 Å². The summed E-state index contributed by atoms with van der Waals surface area (Å²) in [5, 5.41) is 15.1. The molecule has 67 valence electrons. The first-order valence-corrected chi connectivity index (χ1v) is 10.3. The molecule has 2 N–H and O–H groups in total. The van der Waals surface area contributed by atoms with E-state index < -0.39 is 14.2 Å². The van der Waals surface area contributed by atoms with Crippen molar-refractivity contribution in [2.75, 3.05) is 13.2 Å². The topological polar surface area (TPSA) is 40.5 Å². The molecule has 0 aliphatic carbocycles. The van der Waals surface area contributed by atoms with Crippen LogP contribution in [-0.4, -0.2) is 23.4 Å². The second-order valence-electron chi connectivity index (χ2n) is 0.807. The molecule has 0 rings (SSSR count). The first kappa shape index (κ1) is 17.5. The number of hydrogen-bond donors (Lipinski definition) is 2. The second-order valence-corrected chi connectivity index (χ2v) is 9.95. The molecule has 0 saturated heterocycles. The maximum atomic E-state index is 7.57. The molecule has 2 nitrogen and oxygen atoms in total. The Labute approximate surface area is 79.4 Å². The molecule has 0 amide bonds. The van der Waals surface area contributed by atoms with Gasteiger partial charge >= 0.3 is 42.4 Å². The van der Waals surface area contributed by atoms with Crippen LogP contribution in [0.1, 0.15) is 13.8 Å². The molecule has 0 unspecified atom stereocenters. The summed E-state index contributed by atoms with van der Waals surface area (Å²) in [6.07, 6.45) is 0. The Morgan fingerprint density at radius 3 is 1.00 bits per heavy atom. The molecule has 0 spiro atoms. The Hall–Kier alpha value is 1.48. The predicted molar refractivity (Wildman–Crippen MR) is 43.1 cm³/mol. The van der Waals surface area contributed by atoms with Crippen LogP contribution in [-0.2, 0) is 14.2 Å². The fourth-order valence-corrected chi connectivity index (χ4v) is 0. The number of aliphatic hydroxyl groups excluding tert-OH is 2. The van der Waals surface area contributed by atoms with Gasteiger partial charge in [-0.25, -0.2) is 0 Å². The molecule has 0 saturated carbocycles. The quantitative estimate of drug-likeness (QED) is 0.672. The Bertz CT molecular complexity index is 34.9. The van der Waals surface area contributed by atoms with Gasteiger partial charge in [0.1, 0.15) is 0 Å². The van der Waals surface area contributed by atoms with Crippen LogP contribution in [0, 0.1) is 0 Å². The van der Waals surface area contributed by atoms with Crippen molar-refractivity contribution in [2.24, 2.45) is 0 Å². The minimum atomic E-state index is -1.94. The maximum absolute atomic E-state index is 7.57. The predicted octanol–water partition coefficient (Wildman–Crippen LogP) is 2.06. The van der Waals surface area contributed by atoms with Crippen LogP contribution >= 0.6 is 28.3 Å². The summed E-state index contributed by atoms with van der Waals surface area (Å²) in [6, 6.07) is 0. The third-order valence-electron chi connectivity index (χ3n) is 0. The SMILES string of the molecule is CCO.CCO.[Cl][Mo]([Cl])[Cl]. The zero-order valence-electron chi connectivity index (χ0n) is 5.85. The van der Waals surface area contributed by atoms with Crippen molar-refractivity contribution in [3.8, 4) is 0 Å². The van der Waals surface area contributed by atoms with Crippen molar-refractivity contribution in [3.63, 3.8) is 0 Å². The van der Waals surface area contributed by atoms with Crippen LogP contribution < -0.4 is 0 Å². The van der Waals surface area contributed by atoms with Gasteiger partial charge in [-0.2, -0.15) is 0 Å². The molecule has 6 heteroatoms. The van der Waals surface area contributed by atoms with E-state index >= 15 is 0 Å². The first-order valence-electron chi connectivity index (χ1n) is 2.51. The Balaban J connectivity index is -0.0000000750. The summed E-state index contributed by atoms with van der Waals surface area (Å²) in [6.45, 7) is 3.86. The van der Waals surface area contributed by atoms with Gasteiger partial charge in [-0.1, -0.05) is 0 Å². The van der Waals surface area contributed by atoms with Crippen LogP contribution in [0.4, 0.5) is 0 Å². The van der Waals surface area contributed by atoms with Crippen molar-refractivity contribution in [2.45, 2.75) is 13.8 Å². The van der Waals surface area contributed by atoms with Crippen molar-refractivity contribution < 1.29 is 24.4 Å². The van der Waals surface area contributed by atoms with Crippen molar-refractivity contribution in [1.82, 2.24) is 0 Å². The third-order valence-corrected chi connectivity index (χ3v) is 0. The van der Waals surface area contributed by atoms with Crippen LogP contribution in [0.5, 0.6) is 0 Å². The Morgan fingerprint density at radius 1 is 1.00 bits per heavy atom. The van der Waals surface area contributed by atoms with Crippen LogP contribution in [0.15, 0.2) is 0 Å². The van der Waals surface area contributed by atoms with E-state index in [0.29, 0.717) is 0 Å². The van der Waals surface area contributed by atoms with Gasteiger partial charge in [-0.05, 0) is 13.8 Å². The molecule has 0 aliphatic rings. The molecular formula is C4H12Cl3MoO2. The van der Waals surface area contributed by atoms with Crippen LogP contribution in [0.2, 0.25) is 0 Å². The molecule has 0 bridgehead atoms. The number of rotatable bonds is 0. The third kappa shape index (κ3) is 312.